The van der Waals surface area contributed by atoms with Gasteiger partial charge in [0.25, 0.3) is 0 Å². The van der Waals surface area contributed by atoms with E-state index in [0.29, 0.717) is 19.3 Å². The standard InChI is InChI=1S/C21H21N3O3/c25-19(22-14-21(12-13-21)20(26)27)11-10-18-23-16-8-4-5-9-17(16)24(18)15-6-2-1-3-7-15/h1-9H,10-14H2,(H,22,25)(H,26,27). The Bertz CT molecular complexity index is 990. The van der Waals surface area contributed by atoms with Crippen molar-refractivity contribution in [2.24, 2.45) is 5.41 Å². The number of aryl methyl sites for hydroxylation is 1. The van der Waals surface area contributed by atoms with Gasteiger partial charge in [0.1, 0.15) is 5.82 Å². The molecule has 1 aromatic heterocycles. The Morgan fingerprint density at radius 1 is 1.07 bits per heavy atom. The predicted molar refractivity (Wildman–Crippen MR) is 102 cm³/mol. The maximum absolute atomic E-state index is 12.2. The molecule has 3 aromatic rings. The van der Waals surface area contributed by atoms with Gasteiger partial charge in [-0.25, -0.2) is 4.98 Å². The third kappa shape index (κ3) is 3.43. The summed E-state index contributed by atoms with van der Waals surface area (Å²) in [7, 11) is 0. The van der Waals surface area contributed by atoms with Crippen molar-refractivity contribution >= 4 is 22.9 Å². The molecule has 2 aromatic carbocycles. The molecule has 0 radical (unpaired) electrons. The van der Waals surface area contributed by atoms with E-state index in [1.807, 2.05) is 54.6 Å². The van der Waals surface area contributed by atoms with Gasteiger partial charge in [-0.05, 0) is 37.1 Å². The van der Waals surface area contributed by atoms with Crippen LogP contribution >= 0.6 is 0 Å². The van der Waals surface area contributed by atoms with Gasteiger partial charge in [-0.2, -0.15) is 0 Å². The summed E-state index contributed by atoms with van der Waals surface area (Å²) in [6.45, 7) is 0.205. The number of para-hydroxylation sites is 3. The van der Waals surface area contributed by atoms with Crippen LogP contribution in [0.5, 0.6) is 0 Å². The van der Waals surface area contributed by atoms with Crippen LogP contribution in [0.25, 0.3) is 16.7 Å². The first-order valence-corrected chi connectivity index (χ1v) is 9.11. The summed E-state index contributed by atoms with van der Waals surface area (Å²) in [5.74, 6) is -0.153. The molecule has 0 unspecified atom stereocenters. The molecule has 1 aliphatic rings. The molecule has 1 saturated carbocycles. The first-order valence-electron chi connectivity index (χ1n) is 9.11. The van der Waals surface area contributed by atoms with Crippen molar-refractivity contribution in [3.63, 3.8) is 0 Å². The average Bonchev–Trinajstić information content (AvgIpc) is 3.39. The molecule has 2 N–H and O–H groups in total. The number of nitrogens with zero attached hydrogens (tertiary/aromatic N) is 2. The SMILES string of the molecule is O=C(CCc1nc2ccccc2n1-c1ccccc1)NCC1(C(=O)O)CC1. The van der Waals surface area contributed by atoms with Gasteiger partial charge in [0.2, 0.25) is 5.91 Å². The number of carbonyl (C=O) groups excluding carboxylic acids is 1. The van der Waals surface area contributed by atoms with Gasteiger partial charge in [-0.3, -0.25) is 14.2 Å². The Morgan fingerprint density at radius 3 is 2.48 bits per heavy atom. The summed E-state index contributed by atoms with van der Waals surface area (Å²) in [6, 6.07) is 17.8. The zero-order valence-corrected chi connectivity index (χ0v) is 14.9. The van der Waals surface area contributed by atoms with Crippen molar-refractivity contribution in [1.29, 1.82) is 0 Å². The maximum Gasteiger partial charge on any atom is 0.311 e. The lowest BCUT2D eigenvalue weighted by atomic mass is 10.1. The predicted octanol–water partition coefficient (Wildman–Crippen LogP) is 2.94. The second-order valence-corrected chi connectivity index (χ2v) is 7.05. The normalized spacial score (nSPS) is 14.8. The molecular weight excluding hydrogens is 342 g/mol. The Labute approximate surface area is 156 Å². The number of hydrogen-bond acceptors (Lipinski definition) is 3. The Kier molecular flexibility index (Phi) is 4.39. The fourth-order valence-corrected chi connectivity index (χ4v) is 3.31. The van der Waals surface area contributed by atoms with E-state index in [1.54, 1.807) is 0 Å². The van der Waals surface area contributed by atoms with Crippen molar-refractivity contribution in [2.75, 3.05) is 6.54 Å². The minimum atomic E-state index is -0.825. The van der Waals surface area contributed by atoms with Crippen LogP contribution in [0.4, 0.5) is 0 Å². The van der Waals surface area contributed by atoms with Gasteiger partial charge in [0.05, 0.1) is 16.4 Å². The number of nitrogens with one attached hydrogen (secondary N) is 1. The first-order chi connectivity index (χ1) is 13.1. The minimum Gasteiger partial charge on any atom is -0.481 e. The lowest BCUT2D eigenvalue weighted by molar-refractivity contribution is -0.143. The monoisotopic (exact) mass is 363 g/mol. The second kappa shape index (κ2) is 6.87. The third-order valence-electron chi connectivity index (χ3n) is 5.15. The van der Waals surface area contributed by atoms with Crippen LogP contribution in [-0.4, -0.2) is 33.1 Å². The Balaban J connectivity index is 1.50. The lowest BCUT2D eigenvalue weighted by Gasteiger charge is -2.12. The average molecular weight is 363 g/mol. The van der Waals surface area contributed by atoms with Crippen molar-refractivity contribution in [3.8, 4) is 5.69 Å². The van der Waals surface area contributed by atoms with Crippen LogP contribution in [0.15, 0.2) is 54.6 Å². The summed E-state index contributed by atoms with van der Waals surface area (Å²) in [5.41, 5.74) is 2.15. The van der Waals surface area contributed by atoms with Crippen molar-refractivity contribution in [2.45, 2.75) is 25.7 Å². The van der Waals surface area contributed by atoms with Crippen LogP contribution in [0.3, 0.4) is 0 Å². The first kappa shape index (κ1) is 17.3. The minimum absolute atomic E-state index is 0.144. The molecule has 0 atom stereocenters. The molecular formula is C21H21N3O3. The van der Waals surface area contributed by atoms with Gasteiger partial charge in [0, 0.05) is 25.1 Å². The molecule has 138 valence electrons. The third-order valence-corrected chi connectivity index (χ3v) is 5.15. The number of carboxylic acids is 1. The topological polar surface area (TPSA) is 84.2 Å². The Morgan fingerprint density at radius 2 is 1.78 bits per heavy atom. The summed E-state index contributed by atoms with van der Waals surface area (Å²) in [5, 5.41) is 12.0. The van der Waals surface area contributed by atoms with Crippen LogP contribution in [-0.2, 0) is 16.0 Å². The molecule has 0 saturated heterocycles. The van der Waals surface area contributed by atoms with E-state index in [-0.39, 0.29) is 18.9 Å². The highest BCUT2D eigenvalue weighted by atomic mass is 16.4. The smallest absolute Gasteiger partial charge is 0.311 e. The molecule has 0 bridgehead atoms. The Hall–Kier alpha value is -3.15. The number of aromatic nitrogens is 2. The molecule has 4 rings (SSSR count). The quantitative estimate of drug-likeness (QED) is 0.676. The summed E-state index contributed by atoms with van der Waals surface area (Å²) >= 11 is 0. The van der Waals surface area contributed by atoms with E-state index in [2.05, 4.69) is 9.88 Å². The van der Waals surface area contributed by atoms with Gasteiger partial charge in [-0.1, -0.05) is 30.3 Å². The van der Waals surface area contributed by atoms with Crippen LogP contribution in [0.2, 0.25) is 0 Å². The van der Waals surface area contributed by atoms with Gasteiger partial charge in [0.15, 0.2) is 0 Å². The highest BCUT2D eigenvalue weighted by Gasteiger charge is 2.50. The fourth-order valence-electron chi connectivity index (χ4n) is 3.31. The molecule has 27 heavy (non-hydrogen) atoms. The molecule has 6 nitrogen and oxygen atoms in total. The lowest BCUT2D eigenvalue weighted by Crippen LogP contribution is -2.34. The molecule has 1 fully saturated rings. The number of carbonyl (C=O) groups is 2. The molecule has 0 aliphatic heterocycles. The highest BCUT2D eigenvalue weighted by molar-refractivity contribution is 5.81. The molecule has 0 spiro atoms. The second-order valence-electron chi connectivity index (χ2n) is 7.05. The maximum atomic E-state index is 12.2. The van der Waals surface area contributed by atoms with Gasteiger partial charge in [-0.15, -0.1) is 0 Å². The molecule has 1 heterocycles. The van der Waals surface area contributed by atoms with Gasteiger partial charge < -0.3 is 10.4 Å². The summed E-state index contributed by atoms with van der Waals surface area (Å²) < 4.78 is 2.07. The van der Waals surface area contributed by atoms with Crippen molar-refractivity contribution in [1.82, 2.24) is 14.9 Å². The zero-order chi connectivity index (χ0) is 18.9. The van der Waals surface area contributed by atoms with E-state index >= 15 is 0 Å². The van der Waals surface area contributed by atoms with E-state index in [4.69, 9.17) is 4.98 Å². The van der Waals surface area contributed by atoms with Gasteiger partial charge >= 0.3 is 5.97 Å². The molecule has 1 aliphatic carbocycles. The zero-order valence-electron chi connectivity index (χ0n) is 14.9. The van der Waals surface area contributed by atoms with E-state index in [0.717, 1.165) is 22.5 Å². The number of aliphatic carboxylic acids is 1. The highest BCUT2D eigenvalue weighted by Crippen LogP contribution is 2.45. The number of hydrogen-bond donors (Lipinski definition) is 2. The number of imidazole rings is 1. The number of benzene rings is 2. The van der Waals surface area contributed by atoms with E-state index in [1.165, 1.54) is 0 Å². The van der Waals surface area contributed by atoms with Crippen molar-refractivity contribution < 1.29 is 14.7 Å². The summed E-state index contributed by atoms with van der Waals surface area (Å²) in [6.07, 6.45) is 2.01. The van der Waals surface area contributed by atoms with E-state index < -0.39 is 11.4 Å². The molecule has 6 heteroatoms. The van der Waals surface area contributed by atoms with Crippen LogP contribution in [0.1, 0.15) is 25.1 Å². The van der Waals surface area contributed by atoms with Crippen LogP contribution < -0.4 is 5.32 Å². The molecule has 1 amide bonds. The number of fused-ring (bicyclic) bond motifs is 1. The van der Waals surface area contributed by atoms with E-state index in [9.17, 15) is 14.7 Å². The number of carboxylic acid groups (broad SMARTS) is 1. The number of amides is 1. The summed E-state index contributed by atoms with van der Waals surface area (Å²) in [4.78, 5) is 28.1. The fraction of sp³-hybridized carbons (Fsp3) is 0.286. The number of rotatable bonds is 7. The largest absolute Gasteiger partial charge is 0.481 e. The van der Waals surface area contributed by atoms with Crippen molar-refractivity contribution in [3.05, 3.63) is 60.4 Å². The van der Waals surface area contributed by atoms with Crippen LogP contribution in [0, 0.1) is 5.41 Å².